The third kappa shape index (κ3) is 7.26. The van der Waals surface area contributed by atoms with E-state index < -0.39 is 0 Å². The Kier molecular flexibility index (Phi) is 9.19. The van der Waals surface area contributed by atoms with Gasteiger partial charge in [0.15, 0.2) is 0 Å². The largest absolute Gasteiger partial charge is 0.305 e. The molecule has 5 aromatic rings. The van der Waals surface area contributed by atoms with Gasteiger partial charge in [-0.2, -0.15) is 0 Å². The van der Waals surface area contributed by atoms with Gasteiger partial charge in [0.2, 0.25) is 0 Å². The van der Waals surface area contributed by atoms with Crippen LogP contribution < -0.4 is 0 Å². The van der Waals surface area contributed by atoms with E-state index in [4.69, 9.17) is 4.98 Å². The maximum atomic E-state index is 4.71. The minimum absolute atomic E-state index is 0. The molecule has 0 N–H and O–H groups in total. The zero-order valence-electron chi connectivity index (χ0n) is 20.1. The van der Waals surface area contributed by atoms with Gasteiger partial charge >= 0.3 is 0 Å². The summed E-state index contributed by atoms with van der Waals surface area (Å²) in [5.41, 5.74) is 6.32. The molecule has 1 radical (unpaired) electrons. The number of rotatable bonds is 3. The molecule has 3 nitrogen and oxygen atoms in total. The zero-order chi connectivity index (χ0) is 23.8. The van der Waals surface area contributed by atoms with Crippen LogP contribution in [0.15, 0.2) is 109 Å². The van der Waals surface area contributed by atoms with Crippen molar-refractivity contribution in [3.8, 4) is 33.8 Å². The second-order valence-corrected chi connectivity index (χ2v) is 8.86. The van der Waals surface area contributed by atoms with Crippen molar-refractivity contribution in [1.29, 1.82) is 0 Å². The van der Waals surface area contributed by atoms with Crippen LogP contribution in [0.5, 0.6) is 0 Å². The molecule has 0 saturated heterocycles. The van der Waals surface area contributed by atoms with Gasteiger partial charge in [0.05, 0.1) is 5.82 Å². The fraction of sp³-hybridized carbons (Fsp3) is 0.129. The first kappa shape index (κ1) is 26.1. The summed E-state index contributed by atoms with van der Waals surface area (Å²) in [6, 6.07) is 38.5. The molecule has 0 atom stereocenters. The van der Waals surface area contributed by atoms with E-state index in [9.17, 15) is 0 Å². The molecule has 0 saturated carbocycles. The number of aromatic nitrogens is 3. The zero-order valence-corrected chi connectivity index (χ0v) is 22.5. The first-order valence-corrected chi connectivity index (χ1v) is 11.3. The fourth-order valence-electron chi connectivity index (χ4n) is 3.39. The molecule has 0 bridgehead atoms. The second-order valence-electron chi connectivity index (χ2n) is 8.86. The minimum atomic E-state index is 0. The summed E-state index contributed by atoms with van der Waals surface area (Å²) in [5.74, 6) is 0.727. The quantitative estimate of drug-likeness (QED) is 0.194. The van der Waals surface area contributed by atoms with Gasteiger partial charge in [-0.15, -0.1) is 71.3 Å². The monoisotopic (exact) mass is 634 g/mol. The van der Waals surface area contributed by atoms with Crippen molar-refractivity contribution in [3.63, 3.8) is 0 Å². The number of pyridine rings is 1. The van der Waals surface area contributed by atoms with E-state index in [0.29, 0.717) is 0 Å². The van der Waals surface area contributed by atoms with Gasteiger partial charge in [-0.25, -0.2) is 0 Å². The maximum absolute atomic E-state index is 4.71. The van der Waals surface area contributed by atoms with E-state index >= 15 is 0 Å². The standard InChI is InChI=1S/C20H19N2.C11H8N.Ir/c1-20(2,3)18-12-13-21-19(22-18)17-11-7-10-16(14-17)15-8-5-4-6-9-15;1-2-6-10(7-3-1)11-8-4-5-9-12-11;/h4-10,12-14H,1-3H3;1-6,8-9H;/q2*-1;. The Bertz CT molecular complexity index is 1280. The number of hydrogen-bond donors (Lipinski definition) is 0. The fourth-order valence-corrected chi connectivity index (χ4v) is 3.39. The maximum Gasteiger partial charge on any atom is 0.0751 e. The van der Waals surface area contributed by atoms with Crippen molar-refractivity contribution in [2.75, 3.05) is 0 Å². The van der Waals surface area contributed by atoms with Crippen LogP contribution in [-0.4, -0.2) is 15.0 Å². The van der Waals surface area contributed by atoms with Gasteiger partial charge in [-0.3, -0.25) is 9.97 Å². The first-order chi connectivity index (χ1) is 16.5. The smallest absolute Gasteiger partial charge is 0.0751 e. The average Bonchev–Trinajstić information content (AvgIpc) is 2.90. The molecule has 2 heterocycles. The third-order valence-corrected chi connectivity index (χ3v) is 5.22. The number of benzene rings is 3. The first-order valence-electron chi connectivity index (χ1n) is 11.3. The van der Waals surface area contributed by atoms with Crippen molar-refractivity contribution in [1.82, 2.24) is 15.0 Å². The topological polar surface area (TPSA) is 38.7 Å². The van der Waals surface area contributed by atoms with E-state index in [1.807, 2.05) is 79.0 Å². The molecule has 0 aliphatic carbocycles. The summed E-state index contributed by atoms with van der Waals surface area (Å²) in [5, 5.41) is 0. The van der Waals surface area contributed by atoms with Crippen molar-refractivity contribution < 1.29 is 20.1 Å². The van der Waals surface area contributed by atoms with Gasteiger partial charge in [0.1, 0.15) is 0 Å². The molecule has 0 amide bonds. The third-order valence-electron chi connectivity index (χ3n) is 5.22. The van der Waals surface area contributed by atoms with E-state index in [-0.39, 0.29) is 25.5 Å². The molecule has 4 heteroatoms. The number of nitrogens with zero attached hydrogens (tertiary/aromatic N) is 3. The van der Waals surface area contributed by atoms with E-state index in [1.165, 1.54) is 5.56 Å². The van der Waals surface area contributed by atoms with Gasteiger partial charge in [-0.05, 0) is 23.4 Å². The van der Waals surface area contributed by atoms with Gasteiger partial charge in [-0.1, -0.05) is 63.2 Å². The molecule has 0 unspecified atom stereocenters. The summed E-state index contributed by atoms with van der Waals surface area (Å²) < 4.78 is 0. The van der Waals surface area contributed by atoms with E-state index in [2.05, 4.69) is 67.1 Å². The van der Waals surface area contributed by atoms with E-state index in [0.717, 1.165) is 33.9 Å². The Hall–Kier alpha value is -3.46. The van der Waals surface area contributed by atoms with Gasteiger partial charge < -0.3 is 4.98 Å². The minimum Gasteiger partial charge on any atom is -0.305 e. The molecular formula is C31H27IrN3-2. The molecule has 0 fully saturated rings. The van der Waals surface area contributed by atoms with Crippen LogP contribution >= 0.6 is 0 Å². The van der Waals surface area contributed by atoms with Crippen LogP contribution in [-0.2, 0) is 25.5 Å². The van der Waals surface area contributed by atoms with Crippen molar-refractivity contribution in [2.24, 2.45) is 0 Å². The molecule has 0 spiro atoms. The molecule has 177 valence electrons. The average molecular weight is 634 g/mol. The normalized spacial score (nSPS) is 10.5. The van der Waals surface area contributed by atoms with E-state index in [1.54, 1.807) is 6.20 Å². The number of hydrogen-bond acceptors (Lipinski definition) is 3. The predicted molar refractivity (Wildman–Crippen MR) is 139 cm³/mol. The van der Waals surface area contributed by atoms with Gasteiger partial charge in [0, 0.05) is 43.6 Å². The van der Waals surface area contributed by atoms with Crippen LogP contribution in [0.25, 0.3) is 33.8 Å². The Morgan fingerprint density at radius 2 is 1.37 bits per heavy atom. The summed E-state index contributed by atoms with van der Waals surface area (Å²) in [4.78, 5) is 13.3. The van der Waals surface area contributed by atoms with Gasteiger partial charge in [0.25, 0.3) is 0 Å². The van der Waals surface area contributed by atoms with Crippen LogP contribution in [0.4, 0.5) is 0 Å². The Morgan fingerprint density at radius 1 is 0.629 bits per heavy atom. The molecule has 3 aromatic carbocycles. The SMILES string of the molecule is CC(C)(C)c1ccnc(-c2[c-]ccc(-c3ccccc3)c2)n1.[Ir].[c-]1ccccc1-c1ccccn1. The van der Waals surface area contributed by atoms with Crippen LogP contribution in [0.2, 0.25) is 0 Å². The summed E-state index contributed by atoms with van der Waals surface area (Å²) in [6.07, 6.45) is 3.61. The molecular weight excluding hydrogens is 607 g/mol. The molecule has 2 aromatic heterocycles. The van der Waals surface area contributed by atoms with Crippen LogP contribution in [0, 0.1) is 12.1 Å². The Balaban J connectivity index is 0.000000223. The van der Waals surface area contributed by atoms with Crippen molar-refractivity contribution in [2.45, 2.75) is 26.2 Å². The second kappa shape index (κ2) is 12.3. The molecule has 5 rings (SSSR count). The van der Waals surface area contributed by atoms with Crippen molar-refractivity contribution >= 4 is 0 Å². The molecule has 0 aliphatic rings. The summed E-state index contributed by atoms with van der Waals surface area (Å²) >= 11 is 0. The summed E-state index contributed by atoms with van der Waals surface area (Å²) in [6.45, 7) is 6.47. The van der Waals surface area contributed by atoms with Crippen molar-refractivity contribution in [3.05, 3.63) is 127 Å². The predicted octanol–water partition coefficient (Wildman–Crippen LogP) is 7.45. The van der Waals surface area contributed by atoms with Crippen LogP contribution in [0.3, 0.4) is 0 Å². The summed E-state index contributed by atoms with van der Waals surface area (Å²) in [7, 11) is 0. The molecule has 0 aliphatic heterocycles. The van der Waals surface area contributed by atoms with Crippen LogP contribution in [0.1, 0.15) is 26.5 Å². The Morgan fingerprint density at radius 3 is 2.06 bits per heavy atom. The molecule has 35 heavy (non-hydrogen) atoms. The Labute approximate surface area is 221 Å².